The molecular formula is C15H30OSi. The molecule has 0 saturated heterocycles. The monoisotopic (exact) mass is 254 g/mol. The lowest BCUT2D eigenvalue weighted by atomic mass is 9.89. The van der Waals surface area contributed by atoms with Crippen molar-refractivity contribution in [2.75, 3.05) is 0 Å². The molecule has 0 bridgehead atoms. The molecule has 0 heterocycles. The van der Waals surface area contributed by atoms with Crippen molar-refractivity contribution in [2.45, 2.75) is 77.4 Å². The molecule has 1 nitrogen and oxygen atoms in total. The normalized spacial score (nSPS) is 24.0. The van der Waals surface area contributed by atoms with Crippen molar-refractivity contribution in [3.8, 4) is 0 Å². The van der Waals surface area contributed by atoms with Crippen LogP contribution in [0.3, 0.4) is 0 Å². The predicted octanol–water partition coefficient (Wildman–Crippen LogP) is 3.91. The lowest BCUT2D eigenvalue weighted by Crippen LogP contribution is -2.31. The number of rotatable bonds is 6. The number of hydrogen-bond donors (Lipinski definition) is 0. The van der Waals surface area contributed by atoms with Crippen molar-refractivity contribution >= 4 is 9.76 Å². The Bertz CT molecular complexity index is 189. The zero-order valence-corrected chi connectivity index (χ0v) is 13.2. The van der Waals surface area contributed by atoms with Gasteiger partial charge < -0.3 is 4.43 Å². The second-order valence-electron chi connectivity index (χ2n) is 6.61. The highest BCUT2D eigenvalue weighted by Gasteiger charge is 2.33. The third kappa shape index (κ3) is 4.10. The second-order valence-corrected chi connectivity index (χ2v) is 7.93. The predicted molar refractivity (Wildman–Crippen MR) is 77.0 cm³/mol. The van der Waals surface area contributed by atoms with Gasteiger partial charge in [-0.15, -0.1) is 0 Å². The lowest BCUT2D eigenvalue weighted by Gasteiger charge is -2.30. The molecule has 2 saturated carbocycles. The van der Waals surface area contributed by atoms with Gasteiger partial charge in [-0.3, -0.25) is 0 Å². The van der Waals surface area contributed by atoms with Crippen molar-refractivity contribution in [2.24, 2.45) is 17.8 Å². The van der Waals surface area contributed by atoms with Gasteiger partial charge in [0.1, 0.15) is 0 Å². The topological polar surface area (TPSA) is 9.23 Å². The maximum Gasteiger partial charge on any atom is 0.162 e. The maximum atomic E-state index is 6.46. The van der Waals surface area contributed by atoms with Gasteiger partial charge in [0.2, 0.25) is 0 Å². The third-order valence-corrected chi connectivity index (χ3v) is 6.75. The molecule has 0 aromatic carbocycles. The van der Waals surface area contributed by atoms with Crippen LogP contribution in [-0.4, -0.2) is 15.9 Å². The molecule has 0 aromatic rings. The first kappa shape index (κ1) is 13.6. The molecule has 100 valence electrons. The van der Waals surface area contributed by atoms with Gasteiger partial charge in [-0.25, -0.2) is 0 Å². The minimum atomic E-state index is -0.251. The summed E-state index contributed by atoms with van der Waals surface area (Å²) in [6, 6.07) is 1.37. The smallest absolute Gasteiger partial charge is 0.162 e. The Balaban J connectivity index is 1.82. The van der Waals surface area contributed by atoms with Crippen molar-refractivity contribution in [3.63, 3.8) is 0 Å². The summed E-state index contributed by atoms with van der Waals surface area (Å²) in [5, 5.41) is 0. The van der Waals surface area contributed by atoms with Gasteiger partial charge in [0.25, 0.3) is 0 Å². The van der Waals surface area contributed by atoms with Crippen LogP contribution in [0.2, 0.25) is 6.04 Å². The molecule has 2 aliphatic carbocycles. The summed E-state index contributed by atoms with van der Waals surface area (Å²) in [4.78, 5) is 0. The average molecular weight is 254 g/mol. The van der Waals surface area contributed by atoms with E-state index in [1.54, 1.807) is 0 Å². The molecule has 17 heavy (non-hydrogen) atoms. The van der Waals surface area contributed by atoms with Crippen LogP contribution in [0.25, 0.3) is 0 Å². The Morgan fingerprint density at radius 3 is 1.82 bits per heavy atom. The highest BCUT2D eigenvalue weighted by molar-refractivity contribution is 6.27. The summed E-state index contributed by atoms with van der Waals surface area (Å²) in [5.41, 5.74) is 0. The van der Waals surface area contributed by atoms with E-state index in [4.69, 9.17) is 4.43 Å². The standard InChI is InChI=1S/C15H30OSi/c1-12(2)11-17-16-15(13-7-3-4-8-13)14-9-5-6-10-14/h12-15H,3-11,17H2,1-2H3. The molecule has 0 atom stereocenters. The van der Waals surface area contributed by atoms with Gasteiger partial charge in [-0.2, -0.15) is 0 Å². The zero-order chi connectivity index (χ0) is 12.1. The molecule has 0 amide bonds. The van der Waals surface area contributed by atoms with E-state index in [9.17, 15) is 0 Å². The van der Waals surface area contributed by atoms with Crippen LogP contribution in [0.4, 0.5) is 0 Å². The van der Waals surface area contributed by atoms with Crippen LogP contribution in [0.1, 0.15) is 65.2 Å². The average Bonchev–Trinajstić information content (AvgIpc) is 2.97. The first-order chi connectivity index (χ1) is 8.27. The summed E-state index contributed by atoms with van der Waals surface area (Å²) in [6.07, 6.45) is 12.3. The van der Waals surface area contributed by atoms with Crippen molar-refractivity contribution < 1.29 is 4.43 Å². The maximum absolute atomic E-state index is 6.46. The molecule has 2 aliphatic rings. The molecule has 0 radical (unpaired) electrons. The van der Waals surface area contributed by atoms with E-state index in [1.807, 2.05) is 0 Å². The van der Waals surface area contributed by atoms with E-state index in [0.717, 1.165) is 17.8 Å². The molecule has 2 rings (SSSR count). The molecule has 0 N–H and O–H groups in total. The minimum Gasteiger partial charge on any atom is -0.421 e. The van der Waals surface area contributed by atoms with E-state index in [2.05, 4.69) is 13.8 Å². The largest absolute Gasteiger partial charge is 0.421 e. The zero-order valence-electron chi connectivity index (χ0n) is 11.8. The summed E-state index contributed by atoms with van der Waals surface area (Å²) < 4.78 is 6.46. The van der Waals surface area contributed by atoms with Crippen molar-refractivity contribution in [1.29, 1.82) is 0 Å². The third-order valence-electron chi connectivity index (χ3n) is 4.73. The van der Waals surface area contributed by atoms with Gasteiger partial charge >= 0.3 is 0 Å². The molecule has 0 aliphatic heterocycles. The van der Waals surface area contributed by atoms with E-state index in [0.29, 0.717) is 6.10 Å². The van der Waals surface area contributed by atoms with Gasteiger partial charge in [0.15, 0.2) is 9.76 Å². The van der Waals surface area contributed by atoms with Crippen LogP contribution in [-0.2, 0) is 4.43 Å². The van der Waals surface area contributed by atoms with Gasteiger partial charge in [-0.05, 0) is 49.5 Å². The first-order valence-electron chi connectivity index (χ1n) is 7.89. The van der Waals surface area contributed by atoms with Gasteiger partial charge in [-0.1, -0.05) is 39.5 Å². The van der Waals surface area contributed by atoms with Crippen molar-refractivity contribution in [3.05, 3.63) is 0 Å². The fourth-order valence-electron chi connectivity index (χ4n) is 3.67. The Kier molecular flexibility index (Phi) is 5.55. The van der Waals surface area contributed by atoms with Crippen LogP contribution in [0, 0.1) is 17.8 Å². The molecule has 0 unspecified atom stereocenters. The molecule has 0 aromatic heterocycles. The Labute approximate surface area is 110 Å². The molecule has 2 heteroatoms. The fourth-order valence-corrected chi connectivity index (χ4v) is 5.09. The minimum absolute atomic E-state index is 0.251. The Morgan fingerprint density at radius 1 is 0.941 bits per heavy atom. The number of hydrogen-bond acceptors (Lipinski definition) is 1. The van der Waals surface area contributed by atoms with E-state index in [1.165, 1.54) is 57.4 Å². The summed E-state index contributed by atoms with van der Waals surface area (Å²) in [7, 11) is -0.251. The first-order valence-corrected chi connectivity index (χ1v) is 9.46. The van der Waals surface area contributed by atoms with Gasteiger partial charge in [0.05, 0.1) is 0 Å². The van der Waals surface area contributed by atoms with Crippen LogP contribution in [0.5, 0.6) is 0 Å². The Morgan fingerprint density at radius 2 is 1.41 bits per heavy atom. The summed E-state index contributed by atoms with van der Waals surface area (Å²) in [6.45, 7) is 4.66. The SMILES string of the molecule is CC(C)C[SiH2]OC(C1CCCC1)C1CCCC1. The van der Waals surface area contributed by atoms with Crippen LogP contribution in [0.15, 0.2) is 0 Å². The quantitative estimate of drug-likeness (QED) is 0.653. The highest BCUT2D eigenvalue weighted by Crippen LogP contribution is 2.38. The van der Waals surface area contributed by atoms with Crippen molar-refractivity contribution in [1.82, 2.24) is 0 Å². The molecule has 2 fully saturated rings. The summed E-state index contributed by atoms with van der Waals surface area (Å²) >= 11 is 0. The fraction of sp³-hybridized carbons (Fsp3) is 1.00. The van der Waals surface area contributed by atoms with E-state index >= 15 is 0 Å². The summed E-state index contributed by atoms with van der Waals surface area (Å²) in [5.74, 6) is 2.70. The van der Waals surface area contributed by atoms with E-state index < -0.39 is 0 Å². The Hall–Kier alpha value is 0.177. The van der Waals surface area contributed by atoms with Gasteiger partial charge in [0, 0.05) is 6.10 Å². The van der Waals surface area contributed by atoms with Crippen LogP contribution >= 0.6 is 0 Å². The molecular weight excluding hydrogens is 224 g/mol. The lowest BCUT2D eigenvalue weighted by molar-refractivity contribution is 0.0821. The van der Waals surface area contributed by atoms with Crippen LogP contribution < -0.4 is 0 Å². The van der Waals surface area contributed by atoms with E-state index in [-0.39, 0.29) is 9.76 Å². The molecule has 0 spiro atoms. The second kappa shape index (κ2) is 6.94. The highest BCUT2D eigenvalue weighted by atomic mass is 28.2.